The quantitative estimate of drug-likeness (QED) is 0.868. The van der Waals surface area contributed by atoms with Crippen molar-refractivity contribution in [3.05, 3.63) is 41.9 Å². The molecule has 0 saturated heterocycles. The first-order valence-corrected chi connectivity index (χ1v) is 4.84. The van der Waals surface area contributed by atoms with Crippen molar-refractivity contribution in [3.8, 4) is 11.3 Å². The summed E-state index contributed by atoms with van der Waals surface area (Å²) in [4.78, 5) is 16.5. The van der Waals surface area contributed by atoms with Crippen molar-refractivity contribution < 1.29 is 23.1 Å². The molecule has 0 saturated carbocycles. The molecule has 94 valence electrons. The Morgan fingerprint density at radius 2 is 1.94 bits per heavy atom. The number of carboxylic acid groups (broad SMARTS) is 1. The number of rotatable bonds is 2. The molecule has 0 aliphatic rings. The maximum atomic E-state index is 12.3. The van der Waals surface area contributed by atoms with Gasteiger partial charge in [-0.2, -0.15) is 13.2 Å². The van der Waals surface area contributed by atoms with E-state index in [-0.39, 0.29) is 5.69 Å². The fraction of sp³-hybridized carbons (Fsp3) is 0.0909. The minimum absolute atomic E-state index is 0.0371. The van der Waals surface area contributed by atoms with E-state index in [0.29, 0.717) is 11.3 Å². The molecule has 2 aromatic rings. The molecule has 0 spiro atoms. The van der Waals surface area contributed by atoms with Gasteiger partial charge in [0.1, 0.15) is 11.4 Å². The highest BCUT2D eigenvalue weighted by molar-refractivity contribution is 5.86. The van der Waals surface area contributed by atoms with E-state index in [1.165, 1.54) is 18.2 Å². The second-order valence-corrected chi connectivity index (χ2v) is 3.52. The molecule has 2 N–H and O–H groups in total. The number of hydrogen-bond donors (Lipinski definition) is 2. The Balaban J connectivity index is 2.31. The van der Waals surface area contributed by atoms with Crippen LogP contribution in [-0.2, 0) is 6.18 Å². The molecule has 0 radical (unpaired) electrons. The van der Waals surface area contributed by atoms with Crippen molar-refractivity contribution in [3.63, 3.8) is 0 Å². The average molecular weight is 256 g/mol. The zero-order valence-electron chi connectivity index (χ0n) is 8.82. The van der Waals surface area contributed by atoms with Crippen LogP contribution in [0, 0.1) is 0 Å². The fourth-order valence-corrected chi connectivity index (χ4v) is 1.41. The molecular weight excluding hydrogens is 249 g/mol. The third kappa shape index (κ3) is 2.34. The second kappa shape index (κ2) is 4.17. The number of carbonyl (C=O) groups is 1. The SMILES string of the molecule is O=C(O)c1ccc(-c2ccc(C(F)(F)F)nc2)[nH]1. The number of nitrogens with zero attached hydrogens (tertiary/aromatic N) is 1. The number of hydrogen-bond acceptors (Lipinski definition) is 2. The van der Waals surface area contributed by atoms with Crippen molar-refractivity contribution >= 4 is 5.97 Å². The van der Waals surface area contributed by atoms with Gasteiger partial charge in [-0.25, -0.2) is 4.79 Å². The molecule has 2 aromatic heterocycles. The maximum Gasteiger partial charge on any atom is 0.433 e. The largest absolute Gasteiger partial charge is 0.477 e. The lowest BCUT2D eigenvalue weighted by atomic mass is 10.2. The van der Waals surface area contributed by atoms with Crippen LogP contribution in [0.15, 0.2) is 30.5 Å². The molecule has 4 nitrogen and oxygen atoms in total. The molecule has 0 aliphatic carbocycles. The summed E-state index contributed by atoms with van der Waals surface area (Å²) in [5, 5.41) is 8.70. The average Bonchev–Trinajstić information content (AvgIpc) is 2.77. The molecule has 2 rings (SSSR count). The number of aromatic nitrogens is 2. The van der Waals surface area contributed by atoms with E-state index in [0.717, 1.165) is 12.3 Å². The third-order valence-electron chi connectivity index (χ3n) is 2.28. The first-order valence-electron chi connectivity index (χ1n) is 4.84. The fourth-order valence-electron chi connectivity index (χ4n) is 1.41. The van der Waals surface area contributed by atoms with Crippen molar-refractivity contribution in [2.45, 2.75) is 6.18 Å². The number of aromatic carboxylic acids is 1. The van der Waals surface area contributed by atoms with Crippen molar-refractivity contribution in [2.24, 2.45) is 0 Å². The van der Waals surface area contributed by atoms with Gasteiger partial charge in [-0.05, 0) is 24.3 Å². The summed E-state index contributed by atoms with van der Waals surface area (Å²) in [6.45, 7) is 0. The molecule has 2 heterocycles. The Morgan fingerprint density at radius 1 is 1.22 bits per heavy atom. The van der Waals surface area contributed by atoms with E-state index in [1.807, 2.05) is 0 Å². The minimum atomic E-state index is -4.49. The summed E-state index contributed by atoms with van der Waals surface area (Å²) in [6.07, 6.45) is -3.44. The smallest absolute Gasteiger partial charge is 0.433 e. The Kier molecular flexibility index (Phi) is 2.82. The van der Waals surface area contributed by atoms with Gasteiger partial charge in [0.25, 0.3) is 0 Å². The molecule has 0 aromatic carbocycles. The van der Waals surface area contributed by atoms with Gasteiger partial charge in [-0.3, -0.25) is 4.98 Å². The predicted molar refractivity (Wildman–Crippen MR) is 56.0 cm³/mol. The van der Waals surface area contributed by atoms with E-state index < -0.39 is 17.8 Å². The van der Waals surface area contributed by atoms with Gasteiger partial charge < -0.3 is 10.1 Å². The van der Waals surface area contributed by atoms with E-state index >= 15 is 0 Å². The standard InChI is InChI=1S/C11H7F3N2O2/c12-11(13,14)9-4-1-6(5-15-9)7-2-3-8(16-7)10(17)18/h1-5,16H,(H,17,18). The number of alkyl halides is 3. The zero-order chi connectivity index (χ0) is 13.3. The topological polar surface area (TPSA) is 66.0 Å². The van der Waals surface area contributed by atoms with Gasteiger partial charge in [0.15, 0.2) is 0 Å². The van der Waals surface area contributed by atoms with Crippen molar-refractivity contribution in [1.82, 2.24) is 9.97 Å². The number of aromatic amines is 1. The van der Waals surface area contributed by atoms with Gasteiger partial charge in [0.2, 0.25) is 0 Å². The van der Waals surface area contributed by atoms with Crippen LogP contribution in [0.25, 0.3) is 11.3 Å². The molecular formula is C11H7F3N2O2. The molecule has 0 atom stereocenters. The van der Waals surface area contributed by atoms with E-state index in [9.17, 15) is 18.0 Å². The van der Waals surface area contributed by atoms with E-state index in [1.54, 1.807) is 0 Å². The zero-order valence-corrected chi connectivity index (χ0v) is 8.82. The molecule has 7 heteroatoms. The summed E-state index contributed by atoms with van der Waals surface area (Å²) in [5.74, 6) is -1.14. The number of halogens is 3. The molecule has 0 aliphatic heterocycles. The van der Waals surface area contributed by atoms with Gasteiger partial charge in [-0.15, -0.1) is 0 Å². The Morgan fingerprint density at radius 3 is 2.39 bits per heavy atom. The Labute approximate surface area is 99.1 Å². The van der Waals surface area contributed by atoms with E-state index in [4.69, 9.17) is 5.11 Å². The molecule has 0 bridgehead atoms. The van der Waals surface area contributed by atoms with E-state index in [2.05, 4.69) is 9.97 Å². The molecule has 18 heavy (non-hydrogen) atoms. The van der Waals surface area contributed by atoms with Crippen LogP contribution in [0.5, 0.6) is 0 Å². The van der Waals surface area contributed by atoms with Gasteiger partial charge in [0, 0.05) is 17.5 Å². The van der Waals surface area contributed by atoms with Gasteiger partial charge in [-0.1, -0.05) is 0 Å². The number of carboxylic acids is 1. The van der Waals surface area contributed by atoms with Crippen molar-refractivity contribution in [1.29, 1.82) is 0 Å². The first kappa shape index (κ1) is 12.2. The van der Waals surface area contributed by atoms with Crippen LogP contribution >= 0.6 is 0 Å². The molecule has 0 amide bonds. The van der Waals surface area contributed by atoms with Crippen LogP contribution in [0.4, 0.5) is 13.2 Å². The molecule has 0 fully saturated rings. The summed E-state index contributed by atoms with van der Waals surface area (Å²) in [6, 6.07) is 4.87. The van der Waals surface area contributed by atoms with Crippen LogP contribution in [0.1, 0.15) is 16.2 Å². The number of H-pyrrole nitrogens is 1. The number of pyridine rings is 1. The lowest BCUT2D eigenvalue weighted by Crippen LogP contribution is -2.07. The summed E-state index contributed by atoms with van der Waals surface area (Å²) < 4.78 is 36.9. The summed E-state index contributed by atoms with van der Waals surface area (Å²) >= 11 is 0. The maximum absolute atomic E-state index is 12.3. The first-order chi connectivity index (χ1) is 8.38. The number of nitrogens with one attached hydrogen (secondary N) is 1. The van der Waals surface area contributed by atoms with Crippen molar-refractivity contribution in [2.75, 3.05) is 0 Å². The monoisotopic (exact) mass is 256 g/mol. The minimum Gasteiger partial charge on any atom is -0.477 e. The Hall–Kier alpha value is -2.31. The van der Waals surface area contributed by atoms with Crippen LogP contribution in [0.3, 0.4) is 0 Å². The second-order valence-electron chi connectivity index (χ2n) is 3.52. The van der Waals surface area contributed by atoms with Crippen LogP contribution < -0.4 is 0 Å². The highest BCUT2D eigenvalue weighted by atomic mass is 19.4. The van der Waals surface area contributed by atoms with Crippen LogP contribution in [-0.4, -0.2) is 21.0 Å². The highest BCUT2D eigenvalue weighted by Crippen LogP contribution is 2.28. The normalized spacial score (nSPS) is 11.5. The predicted octanol–water partition coefficient (Wildman–Crippen LogP) is 2.79. The lowest BCUT2D eigenvalue weighted by Gasteiger charge is -2.05. The molecule has 0 unspecified atom stereocenters. The third-order valence-corrected chi connectivity index (χ3v) is 2.28. The highest BCUT2D eigenvalue weighted by Gasteiger charge is 2.32. The van der Waals surface area contributed by atoms with Crippen LogP contribution in [0.2, 0.25) is 0 Å². The van der Waals surface area contributed by atoms with Gasteiger partial charge in [0.05, 0.1) is 0 Å². The van der Waals surface area contributed by atoms with Gasteiger partial charge >= 0.3 is 12.1 Å². The lowest BCUT2D eigenvalue weighted by molar-refractivity contribution is -0.141. The summed E-state index contributed by atoms with van der Waals surface area (Å²) in [7, 11) is 0. The summed E-state index contributed by atoms with van der Waals surface area (Å²) in [5.41, 5.74) is -0.245. The Bertz CT molecular complexity index is 573.